The molecular formula is C13H18N4O2S. The lowest BCUT2D eigenvalue weighted by molar-refractivity contribution is 0.550. The monoisotopic (exact) mass is 294 g/mol. The molecule has 1 aromatic heterocycles. The van der Waals surface area contributed by atoms with Gasteiger partial charge in [0.2, 0.25) is 0 Å². The first-order valence-electron chi connectivity index (χ1n) is 6.23. The SMILES string of the molecule is CC(NS(=O)(=O)c1ccnn1C)c1ccc(CN)cc1. The van der Waals surface area contributed by atoms with Crippen LogP contribution in [0.5, 0.6) is 0 Å². The van der Waals surface area contributed by atoms with E-state index in [0.717, 1.165) is 11.1 Å². The van der Waals surface area contributed by atoms with Crippen LogP contribution < -0.4 is 10.5 Å². The number of aromatic nitrogens is 2. The molecule has 6 nitrogen and oxygen atoms in total. The van der Waals surface area contributed by atoms with Crippen molar-refractivity contribution in [3.8, 4) is 0 Å². The Kier molecular flexibility index (Phi) is 4.22. The number of hydrogen-bond acceptors (Lipinski definition) is 4. The van der Waals surface area contributed by atoms with E-state index < -0.39 is 10.0 Å². The van der Waals surface area contributed by atoms with Crippen molar-refractivity contribution in [2.75, 3.05) is 0 Å². The lowest BCUT2D eigenvalue weighted by atomic mass is 10.1. The molecule has 0 radical (unpaired) electrons. The van der Waals surface area contributed by atoms with Crippen LogP contribution in [0, 0.1) is 0 Å². The number of nitrogens with two attached hydrogens (primary N) is 1. The molecule has 3 N–H and O–H groups in total. The zero-order valence-corrected chi connectivity index (χ0v) is 12.3. The fraction of sp³-hybridized carbons (Fsp3) is 0.308. The summed E-state index contributed by atoms with van der Waals surface area (Å²) in [6.07, 6.45) is 1.45. The Morgan fingerprint density at radius 1 is 1.30 bits per heavy atom. The Morgan fingerprint density at radius 3 is 2.45 bits per heavy atom. The van der Waals surface area contributed by atoms with Gasteiger partial charge in [-0.1, -0.05) is 24.3 Å². The smallest absolute Gasteiger partial charge is 0.258 e. The van der Waals surface area contributed by atoms with Crippen molar-refractivity contribution in [3.05, 3.63) is 47.7 Å². The molecule has 1 aromatic carbocycles. The van der Waals surface area contributed by atoms with Crippen LogP contribution in [0.2, 0.25) is 0 Å². The zero-order chi connectivity index (χ0) is 14.8. The van der Waals surface area contributed by atoms with Gasteiger partial charge in [-0.05, 0) is 24.1 Å². The molecule has 1 atom stereocenters. The maximum absolute atomic E-state index is 12.2. The first kappa shape index (κ1) is 14.7. The van der Waals surface area contributed by atoms with Crippen molar-refractivity contribution < 1.29 is 8.42 Å². The van der Waals surface area contributed by atoms with Gasteiger partial charge in [0, 0.05) is 19.6 Å². The molecule has 2 aromatic rings. The normalized spacial score (nSPS) is 13.3. The highest BCUT2D eigenvalue weighted by Crippen LogP contribution is 2.17. The van der Waals surface area contributed by atoms with E-state index in [2.05, 4.69) is 9.82 Å². The van der Waals surface area contributed by atoms with Gasteiger partial charge in [-0.2, -0.15) is 5.10 Å². The van der Waals surface area contributed by atoms with Crippen LogP contribution in [0.4, 0.5) is 0 Å². The second-order valence-corrected chi connectivity index (χ2v) is 6.24. The number of rotatable bonds is 5. The fourth-order valence-electron chi connectivity index (χ4n) is 1.93. The summed E-state index contributed by atoms with van der Waals surface area (Å²) in [6.45, 7) is 2.26. The van der Waals surface area contributed by atoms with E-state index in [4.69, 9.17) is 5.73 Å². The molecule has 7 heteroatoms. The number of nitrogens with one attached hydrogen (secondary N) is 1. The summed E-state index contributed by atoms with van der Waals surface area (Å²) in [5.74, 6) is 0. The van der Waals surface area contributed by atoms with Crippen LogP contribution in [0.3, 0.4) is 0 Å². The second kappa shape index (κ2) is 5.74. The lowest BCUT2D eigenvalue weighted by Crippen LogP contribution is -2.28. The Labute approximate surface area is 118 Å². The van der Waals surface area contributed by atoms with Crippen molar-refractivity contribution in [2.24, 2.45) is 12.8 Å². The first-order chi connectivity index (χ1) is 9.44. The minimum Gasteiger partial charge on any atom is -0.326 e. The number of benzene rings is 1. The molecule has 2 rings (SSSR count). The molecule has 0 fully saturated rings. The molecule has 0 saturated carbocycles. The van der Waals surface area contributed by atoms with Crippen LogP contribution in [0.1, 0.15) is 24.1 Å². The average molecular weight is 294 g/mol. The molecule has 0 aliphatic rings. The summed E-state index contributed by atoms with van der Waals surface area (Å²) in [6, 6.07) is 8.67. The molecule has 0 aliphatic heterocycles. The number of aryl methyl sites for hydroxylation is 1. The third-order valence-electron chi connectivity index (χ3n) is 3.10. The van der Waals surface area contributed by atoms with E-state index in [-0.39, 0.29) is 11.1 Å². The van der Waals surface area contributed by atoms with Gasteiger partial charge in [-0.15, -0.1) is 0 Å². The molecule has 108 valence electrons. The molecule has 0 amide bonds. The molecule has 0 aliphatic carbocycles. The van der Waals surface area contributed by atoms with Gasteiger partial charge in [0.05, 0.1) is 6.20 Å². The fourth-order valence-corrected chi connectivity index (χ4v) is 3.29. The summed E-state index contributed by atoms with van der Waals surface area (Å²) < 4.78 is 28.4. The largest absolute Gasteiger partial charge is 0.326 e. The standard InChI is InChI=1S/C13H18N4O2S/c1-10(12-5-3-11(9-14)4-6-12)16-20(18,19)13-7-8-15-17(13)2/h3-8,10,16H,9,14H2,1-2H3. The topological polar surface area (TPSA) is 90.0 Å². The number of sulfonamides is 1. The van der Waals surface area contributed by atoms with Gasteiger partial charge in [0.25, 0.3) is 10.0 Å². The quantitative estimate of drug-likeness (QED) is 0.858. The number of hydrogen-bond donors (Lipinski definition) is 2. The van der Waals surface area contributed by atoms with E-state index in [1.807, 2.05) is 24.3 Å². The van der Waals surface area contributed by atoms with E-state index in [1.54, 1.807) is 14.0 Å². The van der Waals surface area contributed by atoms with Gasteiger partial charge in [0.1, 0.15) is 0 Å². The maximum Gasteiger partial charge on any atom is 0.258 e. The molecule has 0 saturated heterocycles. The van der Waals surface area contributed by atoms with E-state index in [9.17, 15) is 8.42 Å². The van der Waals surface area contributed by atoms with Gasteiger partial charge in [-0.3, -0.25) is 4.68 Å². The predicted octanol–water partition coefficient (Wildman–Crippen LogP) is 0.918. The molecule has 1 heterocycles. The Bertz CT molecular complexity index is 677. The highest BCUT2D eigenvalue weighted by Gasteiger charge is 2.21. The Morgan fingerprint density at radius 2 is 1.95 bits per heavy atom. The molecule has 0 spiro atoms. The highest BCUT2D eigenvalue weighted by molar-refractivity contribution is 7.89. The van der Waals surface area contributed by atoms with Crippen molar-refractivity contribution >= 4 is 10.0 Å². The van der Waals surface area contributed by atoms with E-state index in [1.165, 1.54) is 16.9 Å². The molecule has 1 unspecified atom stereocenters. The molecule has 20 heavy (non-hydrogen) atoms. The Hall–Kier alpha value is -1.70. The molecule has 0 bridgehead atoms. The van der Waals surface area contributed by atoms with Crippen LogP contribution in [-0.4, -0.2) is 18.2 Å². The third kappa shape index (κ3) is 3.06. The van der Waals surface area contributed by atoms with Gasteiger partial charge in [0.15, 0.2) is 5.03 Å². The number of nitrogens with zero attached hydrogens (tertiary/aromatic N) is 2. The second-order valence-electron chi connectivity index (χ2n) is 4.58. The predicted molar refractivity (Wildman–Crippen MR) is 76.3 cm³/mol. The van der Waals surface area contributed by atoms with Crippen molar-refractivity contribution in [2.45, 2.75) is 24.5 Å². The minimum atomic E-state index is -3.58. The van der Waals surface area contributed by atoms with E-state index in [0.29, 0.717) is 6.54 Å². The minimum absolute atomic E-state index is 0.142. The Balaban J connectivity index is 2.18. The van der Waals surface area contributed by atoms with Crippen LogP contribution >= 0.6 is 0 Å². The van der Waals surface area contributed by atoms with Crippen LogP contribution in [0.15, 0.2) is 41.6 Å². The van der Waals surface area contributed by atoms with Crippen molar-refractivity contribution in [1.82, 2.24) is 14.5 Å². The maximum atomic E-state index is 12.2. The van der Waals surface area contributed by atoms with Crippen LogP contribution in [-0.2, 0) is 23.6 Å². The third-order valence-corrected chi connectivity index (χ3v) is 4.71. The summed E-state index contributed by atoms with van der Waals surface area (Å²) in [4.78, 5) is 0. The zero-order valence-electron chi connectivity index (χ0n) is 11.4. The van der Waals surface area contributed by atoms with Gasteiger partial charge < -0.3 is 5.73 Å². The average Bonchev–Trinajstić information content (AvgIpc) is 2.85. The molecular weight excluding hydrogens is 276 g/mol. The lowest BCUT2D eigenvalue weighted by Gasteiger charge is -2.15. The highest BCUT2D eigenvalue weighted by atomic mass is 32.2. The summed E-state index contributed by atoms with van der Waals surface area (Å²) >= 11 is 0. The van der Waals surface area contributed by atoms with Gasteiger partial charge >= 0.3 is 0 Å². The summed E-state index contributed by atoms with van der Waals surface area (Å²) in [5.41, 5.74) is 7.43. The van der Waals surface area contributed by atoms with Crippen molar-refractivity contribution in [1.29, 1.82) is 0 Å². The van der Waals surface area contributed by atoms with Gasteiger partial charge in [-0.25, -0.2) is 13.1 Å². The van der Waals surface area contributed by atoms with Crippen molar-refractivity contribution in [3.63, 3.8) is 0 Å². The van der Waals surface area contributed by atoms with E-state index >= 15 is 0 Å². The first-order valence-corrected chi connectivity index (χ1v) is 7.71. The summed E-state index contributed by atoms with van der Waals surface area (Å²) in [5, 5.41) is 4.01. The van der Waals surface area contributed by atoms with Crippen LogP contribution in [0.25, 0.3) is 0 Å². The summed E-state index contributed by atoms with van der Waals surface area (Å²) in [7, 11) is -1.99.